The van der Waals surface area contributed by atoms with Gasteiger partial charge in [-0.05, 0) is 59.9 Å². The second kappa shape index (κ2) is 14.4. The molecule has 0 amide bonds. The first-order chi connectivity index (χ1) is 24.4. The van der Waals surface area contributed by atoms with Crippen LogP contribution < -0.4 is 0 Å². The van der Waals surface area contributed by atoms with Crippen LogP contribution in [0.1, 0.15) is 52.0 Å². The van der Waals surface area contributed by atoms with Gasteiger partial charge in [-0.25, -0.2) is 0 Å². The molecular formula is C45H39ClN4. The number of rotatable bonds is 10. The zero-order valence-corrected chi connectivity index (χ0v) is 29.2. The quantitative estimate of drug-likeness (QED) is 0.136. The third-order valence-electron chi connectivity index (χ3n) is 9.55. The Morgan fingerprint density at radius 3 is 1.68 bits per heavy atom. The minimum Gasteiger partial charge on any atom is -0.373 e. The molecule has 7 rings (SSSR count). The predicted octanol–water partition coefficient (Wildman–Crippen LogP) is 10.8. The van der Waals surface area contributed by atoms with Crippen molar-refractivity contribution in [1.82, 2.24) is 19.7 Å². The van der Waals surface area contributed by atoms with E-state index < -0.39 is 5.54 Å². The van der Waals surface area contributed by atoms with Gasteiger partial charge in [0.2, 0.25) is 0 Å². The fourth-order valence-electron chi connectivity index (χ4n) is 6.76. The SMILES string of the molecule is Cc1nn(C(c2ccccc2)(c2ccccc2)c2ccccc2)cc1-c1ccc(/C(=C\N(C)[C@H](C)c2ccccc2)c2ccc(Cl)cc2)cn1. The standard InChI is InChI=1S/C45H39ClN4/c1-33-42(32-50(48-33)45(38-18-10-5-11-19-38,39-20-12-6-13-21-39)40-22-14-7-15-23-40)44-29-26-37(30-47-44)43(36-24-27-41(46)28-25-36)31-49(3)34(2)35-16-8-4-9-17-35/h4-32,34H,1-3H3/b43-31-/t34-/m1/s1. The van der Waals surface area contributed by atoms with Crippen molar-refractivity contribution in [1.29, 1.82) is 0 Å². The molecule has 0 N–H and O–H groups in total. The van der Waals surface area contributed by atoms with Gasteiger partial charge in [0.25, 0.3) is 0 Å². The molecule has 50 heavy (non-hydrogen) atoms. The number of halogens is 1. The molecule has 0 unspecified atom stereocenters. The fraction of sp³-hybridized carbons (Fsp3) is 0.111. The zero-order chi connectivity index (χ0) is 34.5. The first-order valence-electron chi connectivity index (χ1n) is 16.9. The average molecular weight is 671 g/mol. The highest BCUT2D eigenvalue weighted by molar-refractivity contribution is 6.30. The van der Waals surface area contributed by atoms with Gasteiger partial charge in [-0.2, -0.15) is 5.10 Å². The molecule has 7 aromatic rings. The van der Waals surface area contributed by atoms with Crippen LogP contribution in [-0.4, -0.2) is 26.7 Å². The van der Waals surface area contributed by atoms with Crippen LogP contribution in [-0.2, 0) is 5.54 Å². The largest absolute Gasteiger partial charge is 0.373 e. The summed E-state index contributed by atoms with van der Waals surface area (Å²) in [5.74, 6) is 0. The van der Waals surface area contributed by atoms with Gasteiger partial charge in [0.1, 0.15) is 5.54 Å². The number of aryl methyl sites for hydroxylation is 1. The Morgan fingerprint density at radius 1 is 0.680 bits per heavy atom. The van der Waals surface area contributed by atoms with Crippen molar-refractivity contribution in [2.24, 2.45) is 0 Å². The molecule has 0 spiro atoms. The van der Waals surface area contributed by atoms with E-state index in [9.17, 15) is 0 Å². The Balaban J connectivity index is 1.32. The van der Waals surface area contributed by atoms with Crippen molar-refractivity contribution in [2.75, 3.05) is 7.05 Å². The third-order valence-corrected chi connectivity index (χ3v) is 9.80. The molecule has 4 nitrogen and oxygen atoms in total. The van der Waals surface area contributed by atoms with E-state index in [4.69, 9.17) is 21.7 Å². The molecule has 5 aromatic carbocycles. The molecule has 0 saturated carbocycles. The minimum absolute atomic E-state index is 0.179. The molecule has 5 heteroatoms. The van der Waals surface area contributed by atoms with Gasteiger partial charge in [-0.15, -0.1) is 0 Å². The number of hydrogen-bond acceptors (Lipinski definition) is 3. The molecular weight excluding hydrogens is 632 g/mol. The smallest absolute Gasteiger partial charge is 0.138 e. The van der Waals surface area contributed by atoms with Gasteiger partial charge < -0.3 is 4.90 Å². The average Bonchev–Trinajstić information content (AvgIpc) is 3.57. The van der Waals surface area contributed by atoms with Crippen molar-refractivity contribution < 1.29 is 0 Å². The lowest BCUT2D eigenvalue weighted by Gasteiger charge is -2.36. The molecule has 0 bridgehead atoms. The van der Waals surface area contributed by atoms with Gasteiger partial charge in [-0.3, -0.25) is 9.67 Å². The summed E-state index contributed by atoms with van der Waals surface area (Å²) in [7, 11) is 2.12. The third kappa shape index (κ3) is 6.38. The second-order valence-electron chi connectivity index (χ2n) is 12.6. The Kier molecular flexibility index (Phi) is 9.46. The molecule has 2 aromatic heterocycles. The summed E-state index contributed by atoms with van der Waals surface area (Å²) in [5.41, 5.74) is 9.83. The number of benzene rings is 5. The summed E-state index contributed by atoms with van der Waals surface area (Å²) in [4.78, 5) is 7.31. The van der Waals surface area contributed by atoms with Crippen LogP contribution in [0, 0.1) is 6.92 Å². The summed E-state index contributed by atoms with van der Waals surface area (Å²) in [6.45, 7) is 4.28. The van der Waals surface area contributed by atoms with E-state index in [0.29, 0.717) is 5.02 Å². The Hall–Kier alpha value is -5.71. The first-order valence-corrected chi connectivity index (χ1v) is 17.3. The first kappa shape index (κ1) is 32.8. The van der Waals surface area contributed by atoms with E-state index in [2.05, 4.69) is 188 Å². The minimum atomic E-state index is -0.697. The fourth-order valence-corrected chi connectivity index (χ4v) is 6.88. The van der Waals surface area contributed by atoms with E-state index in [1.54, 1.807) is 0 Å². The maximum absolute atomic E-state index is 6.30. The molecule has 0 aliphatic heterocycles. The Labute approximate surface area is 300 Å². The van der Waals surface area contributed by atoms with E-state index in [1.807, 2.05) is 18.3 Å². The van der Waals surface area contributed by atoms with Crippen LogP contribution in [0.3, 0.4) is 0 Å². The summed E-state index contributed by atoms with van der Waals surface area (Å²) in [5, 5.41) is 5.94. The lowest BCUT2D eigenvalue weighted by atomic mass is 9.77. The predicted molar refractivity (Wildman–Crippen MR) is 206 cm³/mol. The lowest BCUT2D eigenvalue weighted by molar-refractivity contribution is 0.362. The van der Waals surface area contributed by atoms with Crippen molar-refractivity contribution in [3.63, 3.8) is 0 Å². The second-order valence-corrected chi connectivity index (χ2v) is 13.1. The van der Waals surface area contributed by atoms with Crippen molar-refractivity contribution in [2.45, 2.75) is 25.4 Å². The highest BCUT2D eigenvalue weighted by atomic mass is 35.5. The topological polar surface area (TPSA) is 34.0 Å². The summed E-state index contributed by atoms with van der Waals surface area (Å²) in [6.07, 6.45) is 6.32. The van der Waals surface area contributed by atoms with Crippen LogP contribution in [0.25, 0.3) is 16.8 Å². The van der Waals surface area contributed by atoms with Crippen LogP contribution in [0.4, 0.5) is 0 Å². The van der Waals surface area contributed by atoms with Crippen LogP contribution in [0.15, 0.2) is 176 Å². The van der Waals surface area contributed by atoms with Gasteiger partial charge >= 0.3 is 0 Å². The van der Waals surface area contributed by atoms with Crippen LogP contribution in [0.5, 0.6) is 0 Å². The van der Waals surface area contributed by atoms with Gasteiger partial charge in [0.05, 0.1) is 17.4 Å². The van der Waals surface area contributed by atoms with Gasteiger partial charge in [0.15, 0.2) is 0 Å². The van der Waals surface area contributed by atoms with E-state index >= 15 is 0 Å². The molecule has 246 valence electrons. The molecule has 0 aliphatic carbocycles. The van der Waals surface area contributed by atoms with Gasteiger partial charge in [-0.1, -0.05) is 151 Å². The maximum atomic E-state index is 6.30. The van der Waals surface area contributed by atoms with Crippen molar-refractivity contribution >= 4 is 17.2 Å². The number of aromatic nitrogens is 3. The Morgan fingerprint density at radius 2 is 1.18 bits per heavy atom. The number of hydrogen-bond donors (Lipinski definition) is 0. The molecule has 0 aliphatic rings. The molecule has 0 saturated heterocycles. The number of pyridine rings is 1. The molecule has 0 radical (unpaired) electrons. The van der Waals surface area contributed by atoms with Gasteiger partial charge in [0, 0.05) is 47.4 Å². The lowest BCUT2D eigenvalue weighted by Crippen LogP contribution is -2.38. The number of nitrogens with zero attached hydrogens (tertiary/aromatic N) is 4. The molecule has 2 heterocycles. The molecule has 1 atom stereocenters. The van der Waals surface area contributed by atoms with Crippen molar-refractivity contribution in [3.05, 3.63) is 220 Å². The van der Waals surface area contributed by atoms with Crippen LogP contribution in [0.2, 0.25) is 5.02 Å². The van der Waals surface area contributed by atoms with Crippen LogP contribution >= 0.6 is 11.6 Å². The van der Waals surface area contributed by atoms with E-state index in [-0.39, 0.29) is 6.04 Å². The Bertz CT molecular complexity index is 2080. The highest BCUT2D eigenvalue weighted by Gasteiger charge is 2.39. The van der Waals surface area contributed by atoms with Crippen molar-refractivity contribution in [3.8, 4) is 11.3 Å². The zero-order valence-electron chi connectivity index (χ0n) is 28.5. The monoisotopic (exact) mass is 670 g/mol. The molecule has 0 fully saturated rings. The van der Waals surface area contributed by atoms with E-state index in [1.165, 1.54) is 5.56 Å². The normalized spacial score (nSPS) is 12.4. The summed E-state index contributed by atoms with van der Waals surface area (Å²) >= 11 is 6.30. The van der Waals surface area contributed by atoms with E-state index in [0.717, 1.165) is 50.3 Å². The summed E-state index contributed by atoms with van der Waals surface area (Å²) in [6, 6.07) is 54.8. The highest BCUT2D eigenvalue weighted by Crippen LogP contribution is 2.41. The maximum Gasteiger partial charge on any atom is 0.138 e. The summed E-state index contributed by atoms with van der Waals surface area (Å²) < 4.78 is 2.12.